The number of carbonyl (C=O) groups is 1. The van der Waals surface area contributed by atoms with Gasteiger partial charge in [-0.05, 0) is 51.4 Å². The minimum Gasteiger partial charge on any atom is -0.409 e. The van der Waals surface area contributed by atoms with Crippen LogP contribution in [-0.2, 0) is 4.79 Å². The zero-order valence-electron chi connectivity index (χ0n) is 13.1. The predicted molar refractivity (Wildman–Crippen MR) is 83.4 cm³/mol. The topological polar surface area (TPSA) is 73.7 Å². The Morgan fingerprint density at radius 2 is 1.62 bits per heavy atom. The molecular weight excluding hydrogens is 266 g/mol. The van der Waals surface area contributed by atoms with Crippen molar-refractivity contribution in [1.82, 2.24) is 10.6 Å². The highest BCUT2D eigenvalue weighted by atomic mass is 16.4. The molecule has 2 saturated carbocycles. The number of amides is 1. The van der Waals surface area contributed by atoms with Gasteiger partial charge in [-0.2, -0.15) is 0 Å². The Bertz CT molecular complexity index is 357. The summed E-state index contributed by atoms with van der Waals surface area (Å²) in [6.45, 7) is 1.77. The number of oxime groups is 1. The van der Waals surface area contributed by atoms with Crippen LogP contribution in [0.15, 0.2) is 5.16 Å². The molecule has 0 aliphatic heterocycles. The predicted octanol–water partition coefficient (Wildman–Crippen LogP) is 2.78. The number of hydrogen-bond donors (Lipinski definition) is 3. The molecule has 0 heterocycles. The third kappa shape index (κ3) is 5.56. The zero-order valence-corrected chi connectivity index (χ0v) is 13.1. The molecule has 0 radical (unpaired) electrons. The van der Waals surface area contributed by atoms with Crippen molar-refractivity contribution in [3.63, 3.8) is 0 Å². The van der Waals surface area contributed by atoms with Crippen molar-refractivity contribution in [1.29, 1.82) is 0 Å². The second-order valence-corrected chi connectivity index (χ2v) is 6.65. The zero-order chi connectivity index (χ0) is 15.1. The number of nitrogens with zero attached hydrogens (tertiary/aromatic N) is 1. The summed E-state index contributed by atoms with van der Waals surface area (Å²) in [4.78, 5) is 12.1. The number of nitrogens with one attached hydrogen (secondary N) is 2. The van der Waals surface area contributed by atoms with Crippen molar-refractivity contribution < 1.29 is 10.0 Å². The number of amidine groups is 1. The molecule has 3 N–H and O–H groups in total. The first-order chi connectivity index (χ1) is 10.2. The largest absolute Gasteiger partial charge is 0.409 e. The molecule has 2 rings (SSSR count). The van der Waals surface area contributed by atoms with Crippen LogP contribution in [0.1, 0.15) is 71.1 Å². The Balaban J connectivity index is 1.64. The SMILES string of the molecule is C/C(=N\O)NC1CCC(CC(=O)NC2CCCCC2)CC1. The number of carbonyl (C=O) groups excluding carboxylic acids is 1. The summed E-state index contributed by atoms with van der Waals surface area (Å²) in [5.41, 5.74) is 0. The molecule has 21 heavy (non-hydrogen) atoms. The van der Waals surface area contributed by atoms with Crippen LogP contribution in [0, 0.1) is 5.92 Å². The minimum atomic E-state index is 0.242. The van der Waals surface area contributed by atoms with Gasteiger partial charge >= 0.3 is 0 Å². The summed E-state index contributed by atoms with van der Waals surface area (Å²) in [6.07, 6.45) is 11.1. The fraction of sp³-hybridized carbons (Fsp3) is 0.875. The van der Waals surface area contributed by atoms with E-state index in [4.69, 9.17) is 5.21 Å². The third-order valence-corrected chi connectivity index (χ3v) is 4.85. The summed E-state index contributed by atoms with van der Waals surface area (Å²) >= 11 is 0. The minimum absolute atomic E-state index is 0.242. The maximum absolute atomic E-state index is 12.1. The highest BCUT2D eigenvalue weighted by Gasteiger charge is 2.24. The standard InChI is InChI=1S/C16H29N3O2/c1-12(19-21)17-15-9-7-13(8-10-15)11-16(20)18-14-5-3-2-4-6-14/h13-15,21H,2-11H2,1H3,(H,17,19)(H,18,20). The first-order valence-electron chi connectivity index (χ1n) is 8.42. The smallest absolute Gasteiger partial charge is 0.220 e. The summed E-state index contributed by atoms with van der Waals surface area (Å²) in [5.74, 6) is 1.33. The van der Waals surface area contributed by atoms with Crippen molar-refractivity contribution in [2.24, 2.45) is 11.1 Å². The average Bonchev–Trinajstić information content (AvgIpc) is 2.50. The van der Waals surface area contributed by atoms with E-state index in [0.717, 1.165) is 38.5 Å². The van der Waals surface area contributed by atoms with Gasteiger partial charge < -0.3 is 15.8 Å². The van der Waals surface area contributed by atoms with E-state index in [1.54, 1.807) is 6.92 Å². The normalized spacial score (nSPS) is 28.1. The lowest BCUT2D eigenvalue weighted by atomic mass is 9.83. The van der Waals surface area contributed by atoms with Crippen molar-refractivity contribution in [3.8, 4) is 0 Å². The molecule has 2 fully saturated rings. The molecule has 5 nitrogen and oxygen atoms in total. The summed E-state index contributed by atoms with van der Waals surface area (Å²) in [7, 11) is 0. The molecule has 0 saturated heterocycles. The number of hydrogen-bond acceptors (Lipinski definition) is 3. The molecule has 2 aliphatic rings. The summed E-state index contributed by atoms with van der Waals surface area (Å²) in [5, 5.41) is 18.2. The van der Waals surface area contributed by atoms with Crippen LogP contribution in [0.5, 0.6) is 0 Å². The van der Waals surface area contributed by atoms with Crippen LogP contribution in [0.4, 0.5) is 0 Å². The molecule has 0 aromatic carbocycles. The molecule has 120 valence electrons. The lowest BCUT2D eigenvalue weighted by Gasteiger charge is -2.30. The molecule has 5 heteroatoms. The van der Waals surface area contributed by atoms with E-state index in [-0.39, 0.29) is 5.91 Å². The second kappa shape index (κ2) is 8.25. The molecule has 0 bridgehead atoms. The molecule has 1 amide bonds. The van der Waals surface area contributed by atoms with E-state index in [2.05, 4.69) is 15.8 Å². The fourth-order valence-electron chi connectivity index (χ4n) is 3.63. The molecule has 0 aromatic rings. The van der Waals surface area contributed by atoms with Gasteiger partial charge in [-0.15, -0.1) is 0 Å². The van der Waals surface area contributed by atoms with Crippen LogP contribution in [0.3, 0.4) is 0 Å². The summed E-state index contributed by atoms with van der Waals surface area (Å²) < 4.78 is 0. The van der Waals surface area contributed by atoms with E-state index < -0.39 is 0 Å². The van der Waals surface area contributed by atoms with E-state index in [1.165, 1.54) is 19.3 Å². The van der Waals surface area contributed by atoms with Crippen LogP contribution in [0.25, 0.3) is 0 Å². The molecular formula is C16H29N3O2. The Hall–Kier alpha value is -1.26. The van der Waals surface area contributed by atoms with Gasteiger partial charge in [-0.3, -0.25) is 4.79 Å². The van der Waals surface area contributed by atoms with Gasteiger partial charge in [-0.1, -0.05) is 24.4 Å². The average molecular weight is 295 g/mol. The van der Waals surface area contributed by atoms with Gasteiger partial charge in [0.15, 0.2) is 0 Å². The van der Waals surface area contributed by atoms with E-state index in [1.807, 2.05) is 0 Å². The van der Waals surface area contributed by atoms with Gasteiger partial charge in [0.2, 0.25) is 5.91 Å². The van der Waals surface area contributed by atoms with Crippen molar-refractivity contribution in [2.45, 2.75) is 83.2 Å². The fourth-order valence-corrected chi connectivity index (χ4v) is 3.63. The van der Waals surface area contributed by atoms with Crippen LogP contribution in [0.2, 0.25) is 0 Å². The number of rotatable bonds is 4. The monoisotopic (exact) mass is 295 g/mol. The molecule has 0 aromatic heterocycles. The second-order valence-electron chi connectivity index (χ2n) is 6.65. The van der Waals surface area contributed by atoms with Crippen LogP contribution in [-0.4, -0.2) is 29.0 Å². The van der Waals surface area contributed by atoms with Crippen molar-refractivity contribution in [3.05, 3.63) is 0 Å². The Kier molecular flexibility index (Phi) is 6.33. The highest BCUT2D eigenvalue weighted by molar-refractivity contribution is 5.79. The Morgan fingerprint density at radius 3 is 2.24 bits per heavy atom. The lowest BCUT2D eigenvalue weighted by Crippen LogP contribution is -2.39. The van der Waals surface area contributed by atoms with E-state index in [9.17, 15) is 4.79 Å². The molecule has 0 spiro atoms. The van der Waals surface area contributed by atoms with Crippen molar-refractivity contribution in [2.75, 3.05) is 0 Å². The molecule has 2 aliphatic carbocycles. The highest BCUT2D eigenvalue weighted by Crippen LogP contribution is 2.27. The Morgan fingerprint density at radius 1 is 1.00 bits per heavy atom. The van der Waals surface area contributed by atoms with Gasteiger partial charge in [-0.25, -0.2) is 0 Å². The van der Waals surface area contributed by atoms with Gasteiger partial charge in [0.25, 0.3) is 0 Å². The van der Waals surface area contributed by atoms with Gasteiger partial charge in [0.1, 0.15) is 5.84 Å². The lowest BCUT2D eigenvalue weighted by molar-refractivity contribution is -0.123. The van der Waals surface area contributed by atoms with E-state index >= 15 is 0 Å². The maximum atomic E-state index is 12.1. The van der Waals surface area contributed by atoms with Crippen molar-refractivity contribution >= 4 is 11.7 Å². The first kappa shape index (κ1) is 16.1. The van der Waals surface area contributed by atoms with Crippen LogP contribution < -0.4 is 10.6 Å². The third-order valence-electron chi connectivity index (χ3n) is 4.85. The first-order valence-corrected chi connectivity index (χ1v) is 8.42. The maximum Gasteiger partial charge on any atom is 0.220 e. The van der Waals surface area contributed by atoms with E-state index in [0.29, 0.717) is 30.3 Å². The van der Waals surface area contributed by atoms with Gasteiger partial charge in [0.05, 0.1) is 0 Å². The quantitative estimate of drug-likeness (QED) is 0.323. The summed E-state index contributed by atoms with van der Waals surface area (Å²) in [6, 6.07) is 0.811. The molecule has 0 unspecified atom stereocenters. The van der Waals surface area contributed by atoms with Crippen LogP contribution >= 0.6 is 0 Å². The van der Waals surface area contributed by atoms with Gasteiger partial charge in [0, 0.05) is 18.5 Å². The Labute approximate surface area is 127 Å². The molecule has 0 atom stereocenters.